The van der Waals surface area contributed by atoms with Gasteiger partial charge in [-0.05, 0) is 136 Å². The summed E-state index contributed by atoms with van der Waals surface area (Å²) >= 11 is 0. The molecule has 0 aromatic heterocycles. The fourth-order valence-electron chi connectivity index (χ4n) is 11.6. The summed E-state index contributed by atoms with van der Waals surface area (Å²) in [5.41, 5.74) is 7.08. The van der Waals surface area contributed by atoms with Crippen LogP contribution in [0.5, 0.6) is 0 Å². The van der Waals surface area contributed by atoms with Crippen molar-refractivity contribution in [2.75, 3.05) is 0 Å². The predicted molar refractivity (Wildman–Crippen MR) is 310 cm³/mol. The Kier molecular flexibility index (Phi) is 21.7. The Balaban J connectivity index is 0.820. The van der Waals surface area contributed by atoms with Gasteiger partial charge in [-0.2, -0.15) is 0 Å². The molecular weight excluding hydrogens is 969 g/mol. The van der Waals surface area contributed by atoms with E-state index in [2.05, 4.69) is 118 Å². The first-order chi connectivity index (χ1) is 38.2. The first kappa shape index (κ1) is 56.7. The van der Waals surface area contributed by atoms with E-state index in [-0.39, 0.29) is 35.0 Å². The quantitative estimate of drug-likeness (QED) is 0.0298. The van der Waals surface area contributed by atoms with E-state index in [1.54, 1.807) is 48.5 Å². The summed E-state index contributed by atoms with van der Waals surface area (Å²) in [6, 6.07) is 54.1. The zero-order valence-electron chi connectivity index (χ0n) is 45.2. The zero-order chi connectivity index (χ0) is 54.3. The topological polar surface area (TPSA) is 151 Å². The van der Waals surface area contributed by atoms with Gasteiger partial charge in [-0.1, -0.05) is 196 Å². The maximum absolute atomic E-state index is 14.0. The SMILES string of the molecule is O=C(N[C@H]1CCCC[C@H]1C(=O)NC(CCCc1ccccc1)CCCc1ccccc1)C(=O)c1ccc(-c2ccc(C(=O)C(=O)N[C@H]3CCCC[C@H]3C(=O)NC(CCCc3ccccc3)CCCc3ccccc3)cc2)cc1. The normalized spacial score (nSPS) is 17.2. The molecule has 2 aliphatic rings. The Morgan fingerprint density at radius 1 is 0.359 bits per heavy atom. The van der Waals surface area contributed by atoms with E-state index in [1.807, 2.05) is 24.3 Å². The minimum absolute atomic E-state index is 0.000787. The zero-order valence-corrected chi connectivity index (χ0v) is 45.2. The number of Topliss-reactive ketones (excluding diaryl/α,β-unsaturated/α-hetero) is 2. The van der Waals surface area contributed by atoms with E-state index in [4.69, 9.17) is 0 Å². The average molecular weight is 1050 g/mol. The fourth-order valence-corrected chi connectivity index (χ4v) is 11.6. The molecule has 10 heteroatoms. The van der Waals surface area contributed by atoms with Gasteiger partial charge in [0.25, 0.3) is 11.8 Å². The molecule has 0 radical (unpaired) electrons. The third-order valence-corrected chi connectivity index (χ3v) is 16.0. The van der Waals surface area contributed by atoms with E-state index in [0.717, 1.165) is 114 Å². The lowest BCUT2D eigenvalue weighted by Gasteiger charge is -2.32. The highest BCUT2D eigenvalue weighted by atomic mass is 16.2. The van der Waals surface area contributed by atoms with Crippen LogP contribution in [-0.2, 0) is 44.9 Å². The molecule has 2 aliphatic carbocycles. The Labute approximate surface area is 462 Å². The number of nitrogens with one attached hydrogen (secondary N) is 4. The summed E-state index contributed by atoms with van der Waals surface area (Å²) < 4.78 is 0. The van der Waals surface area contributed by atoms with Crippen LogP contribution in [0.25, 0.3) is 11.1 Å². The molecule has 4 atom stereocenters. The first-order valence-electron chi connectivity index (χ1n) is 28.8. The van der Waals surface area contributed by atoms with Crippen LogP contribution in [0, 0.1) is 11.8 Å². The van der Waals surface area contributed by atoms with Crippen molar-refractivity contribution >= 4 is 35.2 Å². The summed E-state index contributed by atoms with van der Waals surface area (Å²) in [4.78, 5) is 82.3. The maximum atomic E-state index is 14.0. The van der Waals surface area contributed by atoms with E-state index in [0.29, 0.717) is 25.7 Å². The molecule has 6 aromatic rings. The van der Waals surface area contributed by atoms with Crippen molar-refractivity contribution in [1.82, 2.24) is 21.3 Å². The smallest absolute Gasteiger partial charge is 0.292 e. The van der Waals surface area contributed by atoms with E-state index >= 15 is 0 Å². The third kappa shape index (κ3) is 17.3. The molecule has 0 heterocycles. The van der Waals surface area contributed by atoms with Gasteiger partial charge in [-0.3, -0.25) is 28.8 Å². The fraction of sp³-hybridized carbons (Fsp3) is 0.382. The molecule has 0 spiro atoms. The van der Waals surface area contributed by atoms with Gasteiger partial charge in [-0.15, -0.1) is 0 Å². The Morgan fingerprint density at radius 2 is 0.641 bits per heavy atom. The molecule has 4 amide bonds. The van der Waals surface area contributed by atoms with E-state index in [9.17, 15) is 28.8 Å². The molecule has 2 saturated carbocycles. The molecule has 4 N–H and O–H groups in total. The highest BCUT2D eigenvalue weighted by Gasteiger charge is 2.36. The second-order valence-electron chi connectivity index (χ2n) is 21.7. The van der Waals surface area contributed by atoms with Crippen molar-refractivity contribution in [3.63, 3.8) is 0 Å². The number of ketones is 2. The summed E-state index contributed by atoms with van der Waals surface area (Å²) in [7, 11) is 0. The summed E-state index contributed by atoms with van der Waals surface area (Å²) in [5, 5.41) is 12.7. The van der Waals surface area contributed by atoms with Crippen LogP contribution in [-0.4, -0.2) is 59.4 Å². The molecule has 2 fully saturated rings. The standard InChI is InChI=1S/C68H78N4O6/c73-63(67(77)71-61-39-15-13-37-59(61)65(75)69-57(33-17-29-49-21-5-1-6-22-49)34-18-30-50-23-7-2-8-24-50)55-45-41-53(42-46-55)54-43-47-56(48-44-54)64(74)68(78)72-62-40-16-14-38-60(62)66(76)70-58(35-19-31-51-25-9-3-10-26-51)36-20-32-52-27-11-4-12-28-52/h1-12,21-28,41-48,57-62H,13-20,29-40H2,(H,69,75)(H,70,76)(H,71,77)(H,72,78)/t59-,60-,61+,62+/m1/s1. The van der Waals surface area contributed by atoms with Crippen LogP contribution in [0.1, 0.15) is 146 Å². The number of benzene rings is 6. The highest BCUT2D eigenvalue weighted by molar-refractivity contribution is 6.43. The Morgan fingerprint density at radius 3 is 0.936 bits per heavy atom. The van der Waals surface area contributed by atoms with E-state index in [1.165, 1.54) is 22.3 Å². The molecule has 0 unspecified atom stereocenters. The van der Waals surface area contributed by atoms with Crippen LogP contribution >= 0.6 is 0 Å². The summed E-state index contributed by atoms with van der Waals surface area (Å²) in [6.45, 7) is 0. The summed E-state index contributed by atoms with van der Waals surface area (Å²) in [6.07, 6.45) is 16.9. The predicted octanol–water partition coefficient (Wildman–Crippen LogP) is 12.1. The van der Waals surface area contributed by atoms with Crippen LogP contribution in [0.2, 0.25) is 0 Å². The van der Waals surface area contributed by atoms with Crippen molar-refractivity contribution in [2.45, 2.75) is 153 Å². The minimum Gasteiger partial charge on any atom is -0.353 e. The van der Waals surface area contributed by atoms with Crippen LogP contribution in [0.15, 0.2) is 170 Å². The van der Waals surface area contributed by atoms with Gasteiger partial charge in [0.1, 0.15) is 0 Å². The number of rotatable bonds is 27. The average Bonchev–Trinajstić information content (AvgIpc) is 3.49. The monoisotopic (exact) mass is 1050 g/mol. The second-order valence-corrected chi connectivity index (χ2v) is 21.7. The van der Waals surface area contributed by atoms with Gasteiger partial charge in [-0.25, -0.2) is 0 Å². The molecule has 0 bridgehead atoms. The van der Waals surface area contributed by atoms with Crippen LogP contribution in [0.4, 0.5) is 0 Å². The van der Waals surface area contributed by atoms with Gasteiger partial charge >= 0.3 is 0 Å². The highest BCUT2D eigenvalue weighted by Crippen LogP contribution is 2.28. The molecule has 406 valence electrons. The van der Waals surface area contributed by atoms with E-state index < -0.39 is 47.3 Å². The maximum Gasteiger partial charge on any atom is 0.292 e. The Hall–Kier alpha value is -7.46. The number of carbonyl (C=O) groups is 6. The minimum atomic E-state index is -0.732. The van der Waals surface area contributed by atoms with Crippen molar-refractivity contribution in [3.05, 3.63) is 203 Å². The third-order valence-electron chi connectivity index (χ3n) is 16.0. The van der Waals surface area contributed by atoms with Crippen molar-refractivity contribution in [1.29, 1.82) is 0 Å². The van der Waals surface area contributed by atoms with Gasteiger partial charge in [0.2, 0.25) is 23.4 Å². The molecule has 0 aliphatic heterocycles. The lowest BCUT2D eigenvalue weighted by atomic mass is 9.83. The molecule has 10 nitrogen and oxygen atoms in total. The van der Waals surface area contributed by atoms with Crippen LogP contribution < -0.4 is 21.3 Å². The summed E-state index contributed by atoms with van der Waals surface area (Å²) in [5.74, 6) is -3.80. The molecule has 78 heavy (non-hydrogen) atoms. The molecular formula is C68H78N4O6. The number of carbonyl (C=O) groups excluding carboxylic acids is 6. The molecule has 0 saturated heterocycles. The van der Waals surface area contributed by atoms with Gasteiger partial charge in [0, 0.05) is 35.3 Å². The number of aryl methyl sites for hydroxylation is 4. The lowest BCUT2D eigenvalue weighted by molar-refractivity contribution is -0.129. The van der Waals surface area contributed by atoms with Gasteiger partial charge < -0.3 is 21.3 Å². The molecule has 6 aromatic carbocycles. The number of amides is 4. The largest absolute Gasteiger partial charge is 0.353 e. The number of hydrogen-bond donors (Lipinski definition) is 4. The number of hydrogen-bond acceptors (Lipinski definition) is 6. The van der Waals surface area contributed by atoms with Gasteiger partial charge in [0.15, 0.2) is 0 Å². The van der Waals surface area contributed by atoms with Crippen LogP contribution in [0.3, 0.4) is 0 Å². The molecule has 8 rings (SSSR count). The van der Waals surface area contributed by atoms with Crippen molar-refractivity contribution in [2.24, 2.45) is 11.8 Å². The van der Waals surface area contributed by atoms with Crippen molar-refractivity contribution < 1.29 is 28.8 Å². The lowest BCUT2D eigenvalue weighted by Crippen LogP contribution is -2.51. The van der Waals surface area contributed by atoms with Crippen molar-refractivity contribution in [3.8, 4) is 11.1 Å². The van der Waals surface area contributed by atoms with Gasteiger partial charge in [0.05, 0.1) is 11.8 Å². The Bertz CT molecular complexity index is 2550. The second kappa shape index (κ2) is 29.9. The first-order valence-corrected chi connectivity index (χ1v) is 28.8.